The molecule has 0 amide bonds. The largest absolute Gasteiger partial charge is 0.390 e. The Morgan fingerprint density at radius 3 is 1.73 bits per heavy atom. The van der Waals surface area contributed by atoms with Crippen LogP contribution in [0.25, 0.3) is 0 Å². The van der Waals surface area contributed by atoms with Crippen LogP contribution >= 0.6 is 36.5 Å². The van der Waals surface area contributed by atoms with Crippen molar-refractivity contribution in [2.45, 2.75) is 75.3 Å². The van der Waals surface area contributed by atoms with Gasteiger partial charge in [0.15, 0.2) is 4.32 Å². The van der Waals surface area contributed by atoms with Crippen LogP contribution in [-0.4, -0.2) is 25.5 Å². The van der Waals surface area contributed by atoms with Gasteiger partial charge in [-0.3, -0.25) is 0 Å². The van der Waals surface area contributed by atoms with Gasteiger partial charge in [-0.1, -0.05) is 0 Å². The van der Waals surface area contributed by atoms with E-state index in [-0.39, 0.29) is 11.1 Å². The predicted octanol–water partition coefficient (Wildman–Crippen LogP) is 4.15. The van der Waals surface area contributed by atoms with E-state index in [1.807, 2.05) is 0 Å². The molecule has 2 N–H and O–H groups in total. The van der Waals surface area contributed by atoms with Gasteiger partial charge in [-0.2, -0.15) is 0 Å². The molecule has 0 heterocycles. The van der Waals surface area contributed by atoms with Gasteiger partial charge in [-0.05, 0) is 100 Å². The zero-order valence-corrected chi connectivity index (χ0v) is 15.3. The molecule has 0 radical (unpaired) electrons. The summed E-state index contributed by atoms with van der Waals surface area (Å²) in [6.45, 7) is 0. The second-order valence-corrected chi connectivity index (χ2v) is 9.65. The van der Waals surface area contributed by atoms with E-state index < -0.39 is 0 Å². The van der Waals surface area contributed by atoms with Crippen molar-refractivity contribution in [1.29, 1.82) is 0 Å². The number of nitrogens with two attached hydrogens (primary N) is 1. The van der Waals surface area contributed by atoms with Gasteiger partial charge in [0.25, 0.3) is 5.17 Å². The summed E-state index contributed by atoms with van der Waals surface area (Å²) in [4.78, 5) is 2.57. The first kappa shape index (κ1) is 15.5. The van der Waals surface area contributed by atoms with E-state index in [0.717, 1.165) is 23.9 Å². The summed E-state index contributed by atoms with van der Waals surface area (Å²) in [7, 11) is 0. The van der Waals surface area contributed by atoms with E-state index in [4.69, 9.17) is 34.4 Å². The van der Waals surface area contributed by atoms with E-state index in [0.29, 0.717) is 9.50 Å². The van der Waals surface area contributed by atoms with Gasteiger partial charge < -0.3 is 14.8 Å². The Hall–Kier alpha value is -0.0700. The second-order valence-electron chi connectivity index (χ2n) is 7.83. The number of fused-ring (bicyclic) bond motifs is 4. The quantitative estimate of drug-likeness (QED) is 0.592. The maximum atomic E-state index is 5.79. The minimum Gasteiger partial charge on any atom is -0.390 e. The zero-order chi connectivity index (χ0) is 15.4. The maximum absolute atomic E-state index is 5.79. The third-order valence-corrected chi connectivity index (χ3v) is 7.72. The Labute approximate surface area is 147 Å². The normalized spacial score (nSPS) is 41.8. The summed E-state index contributed by atoms with van der Waals surface area (Å²) in [5.41, 5.74) is 6.11. The van der Waals surface area contributed by atoms with Gasteiger partial charge in [-0.25, -0.2) is 0 Å². The Balaban J connectivity index is 1.63. The first-order chi connectivity index (χ1) is 10.5. The van der Waals surface area contributed by atoms with Crippen molar-refractivity contribution in [3.05, 3.63) is 0 Å². The Morgan fingerprint density at radius 1 is 0.955 bits per heavy atom. The van der Waals surface area contributed by atoms with E-state index >= 15 is 0 Å². The number of hydrogen-bond donors (Lipinski definition) is 1. The number of thiocarbonyl (C=S) groups is 2. The van der Waals surface area contributed by atoms with Crippen molar-refractivity contribution in [2.75, 3.05) is 0 Å². The fourth-order valence-electron chi connectivity index (χ4n) is 5.96. The van der Waals surface area contributed by atoms with Crippen LogP contribution in [0.2, 0.25) is 0 Å². The Kier molecular flexibility index (Phi) is 3.85. The van der Waals surface area contributed by atoms with Gasteiger partial charge in [0.2, 0.25) is 0 Å². The lowest BCUT2D eigenvalue weighted by Crippen LogP contribution is -2.60. The molecule has 0 aliphatic heterocycles. The number of hydrogen-bond acceptors (Lipinski definition) is 4. The molecule has 0 aromatic heterocycles. The highest BCUT2D eigenvalue weighted by atomic mass is 32.2. The molecule has 22 heavy (non-hydrogen) atoms. The molecule has 6 heteroatoms. The lowest BCUT2D eigenvalue weighted by atomic mass is 9.83. The van der Waals surface area contributed by atoms with Crippen molar-refractivity contribution in [1.82, 2.24) is 4.90 Å². The fraction of sp³-hybridized carbons (Fsp3) is 0.875. The molecule has 0 saturated heterocycles. The van der Waals surface area contributed by atoms with E-state index in [2.05, 4.69) is 4.90 Å². The van der Waals surface area contributed by atoms with Crippen LogP contribution in [-0.2, 0) is 4.18 Å². The summed E-state index contributed by atoms with van der Waals surface area (Å²) in [6.07, 6.45) is 13.2. The molecule has 0 aromatic rings. The van der Waals surface area contributed by atoms with Crippen LogP contribution in [0.4, 0.5) is 0 Å². The molecule has 4 rings (SSSR count). The molecule has 4 aliphatic rings. The fourth-order valence-corrected chi connectivity index (χ4v) is 6.77. The van der Waals surface area contributed by atoms with Gasteiger partial charge >= 0.3 is 0 Å². The third kappa shape index (κ3) is 2.37. The van der Waals surface area contributed by atoms with Crippen LogP contribution in [0, 0.1) is 11.8 Å². The summed E-state index contributed by atoms with van der Waals surface area (Å²) in [5, 5.41) is 0.642. The molecular formula is C16H24N2OS3. The molecule has 3 nitrogen and oxygen atoms in total. The molecule has 0 unspecified atom stereocenters. The number of rotatable bonds is 2. The second kappa shape index (κ2) is 5.49. The van der Waals surface area contributed by atoms with Crippen LogP contribution in [0.5, 0.6) is 0 Å². The SMILES string of the molecule is NC(=S)SOC(=S)N(C12CCC(CC1)C2)C12CCC(CC1)C2. The predicted molar refractivity (Wildman–Crippen MR) is 98.5 cm³/mol. The summed E-state index contributed by atoms with van der Waals surface area (Å²) < 4.78 is 6.10. The molecular weight excluding hydrogens is 332 g/mol. The van der Waals surface area contributed by atoms with Crippen LogP contribution in [0.1, 0.15) is 64.2 Å². The molecule has 0 aromatic carbocycles. The summed E-state index contributed by atoms with van der Waals surface area (Å²) in [5.74, 6) is 1.81. The highest BCUT2D eigenvalue weighted by Gasteiger charge is 2.59. The number of nitrogens with zero attached hydrogens (tertiary/aromatic N) is 1. The smallest absolute Gasteiger partial charge is 0.273 e. The average molecular weight is 357 g/mol. The van der Waals surface area contributed by atoms with Crippen LogP contribution < -0.4 is 5.73 Å². The molecule has 4 fully saturated rings. The van der Waals surface area contributed by atoms with Crippen molar-refractivity contribution < 1.29 is 4.18 Å². The highest BCUT2D eigenvalue weighted by molar-refractivity contribution is 8.20. The standard InChI is InChI=1S/C16H24N2OS3/c17-13(20)22-19-14(21)18(15-5-1-11(9-15)2-6-15)16-7-3-12(10-16)4-8-16/h11-12H,1-10H2,(H2,17,20). The van der Waals surface area contributed by atoms with Crippen molar-refractivity contribution in [2.24, 2.45) is 17.6 Å². The topological polar surface area (TPSA) is 38.5 Å². The monoisotopic (exact) mass is 356 g/mol. The molecule has 4 aliphatic carbocycles. The van der Waals surface area contributed by atoms with E-state index in [9.17, 15) is 0 Å². The lowest BCUT2D eigenvalue weighted by Gasteiger charge is -2.51. The van der Waals surface area contributed by atoms with Crippen LogP contribution in [0.3, 0.4) is 0 Å². The van der Waals surface area contributed by atoms with Gasteiger partial charge in [0.05, 0.1) is 0 Å². The van der Waals surface area contributed by atoms with E-state index in [1.54, 1.807) is 0 Å². The highest BCUT2D eigenvalue weighted by Crippen LogP contribution is 2.59. The van der Waals surface area contributed by atoms with E-state index in [1.165, 1.54) is 64.2 Å². The van der Waals surface area contributed by atoms with Gasteiger partial charge in [0.1, 0.15) is 12.0 Å². The summed E-state index contributed by atoms with van der Waals surface area (Å²) in [6, 6.07) is 0. The minimum absolute atomic E-state index is 0.262. The summed E-state index contributed by atoms with van der Waals surface area (Å²) >= 11 is 11.7. The van der Waals surface area contributed by atoms with Gasteiger partial charge in [-0.15, -0.1) is 0 Å². The minimum atomic E-state index is 0.262. The molecule has 0 spiro atoms. The average Bonchev–Trinajstić information content (AvgIpc) is 3.25. The van der Waals surface area contributed by atoms with Crippen LogP contribution in [0.15, 0.2) is 0 Å². The molecule has 0 atom stereocenters. The lowest BCUT2D eigenvalue weighted by molar-refractivity contribution is 0.0455. The van der Waals surface area contributed by atoms with Gasteiger partial charge in [0, 0.05) is 11.1 Å². The third-order valence-electron chi connectivity index (χ3n) is 6.74. The molecule has 4 bridgehead atoms. The van der Waals surface area contributed by atoms with Crippen molar-refractivity contribution in [3.63, 3.8) is 0 Å². The maximum Gasteiger partial charge on any atom is 0.273 e. The molecule has 122 valence electrons. The Morgan fingerprint density at radius 2 is 1.41 bits per heavy atom. The zero-order valence-electron chi connectivity index (χ0n) is 12.9. The van der Waals surface area contributed by atoms with Crippen molar-refractivity contribution >= 4 is 46.0 Å². The first-order valence-corrected chi connectivity index (χ1v) is 10.1. The first-order valence-electron chi connectivity index (χ1n) is 8.51. The molecule has 4 saturated carbocycles. The Bertz CT molecular complexity index is 464. The van der Waals surface area contributed by atoms with Crippen molar-refractivity contribution in [3.8, 4) is 0 Å².